The lowest BCUT2D eigenvalue weighted by Crippen LogP contribution is -2.29. The summed E-state index contributed by atoms with van der Waals surface area (Å²) < 4.78 is 8.83. The number of Topliss-reactive ketones (excluding diaryl/α,β-unsaturated/α-hetero) is 1. The Morgan fingerprint density at radius 3 is 2.42 bits per heavy atom. The molecule has 0 saturated heterocycles. The third-order valence-corrected chi connectivity index (χ3v) is 6.44. The van der Waals surface area contributed by atoms with Gasteiger partial charge in [-0.25, -0.2) is 4.58 Å². The number of hydrogen-bond donors (Lipinski definition) is 1. The molecule has 2 aromatic carbocycles. The van der Waals surface area contributed by atoms with Gasteiger partial charge in [0.05, 0.1) is 6.07 Å². The second-order valence-electron chi connectivity index (χ2n) is 8.47. The number of benzene rings is 3. The van der Waals surface area contributed by atoms with Crippen molar-refractivity contribution in [2.45, 2.75) is 40.7 Å². The molecule has 2 aliphatic rings. The lowest BCUT2D eigenvalue weighted by molar-refractivity contribution is 0.101. The summed E-state index contributed by atoms with van der Waals surface area (Å²) in [5.41, 5.74) is 5.74. The molecule has 1 aliphatic heterocycles. The van der Waals surface area contributed by atoms with E-state index in [0.29, 0.717) is 0 Å². The van der Waals surface area contributed by atoms with Crippen LogP contribution in [0.4, 0.5) is 0 Å². The fraction of sp³-hybridized carbons (Fsp3) is 0.310. The van der Waals surface area contributed by atoms with Crippen LogP contribution in [-0.2, 0) is 0 Å². The van der Waals surface area contributed by atoms with Crippen molar-refractivity contribution < 1.29 is 9.21 Å². The molecule has 4 heteroatoms. The molecule has 1 aliphatic carbocycles. The number of rotatable bonds is 7. The van der Waals surface area contributed by atoms with E-state index in [1.54, 1.807) is 6.92 Å². The first kappa shape index (κ1) is 22.9. The molecule has 0 aromatic heterocycles. The second kappa shape index (κ2) is 9.72. The van der Waals surface area contributed by atoms with Crippen LogP contribution < -0.4 is 15.2 Å². The highest BCUT2D eigenvalue weighted by molar-refractivity contribution is 6.09. The summed E-state index contributed by atoms with van der Waals surface area (Å²) in [6, 6.07) is 20.9. The fourth-order valence-electron chi connectivity index (χ4n) is 4.67. The maximum absolute atomic E-state index is 12.5. The Kier molecular flexibility index (Phi) is 6.75. The quantitative estimate of drug-likeness (QED) is 0.221. The van der Waals surface area contributed by atoms with E-state index in [2.05, 4.69) is 74.0 Å². The number of carbonyl (C=O) groups excluding carboxylic acids is 1. The minimum atomic E-state index is 0.0600. The third kappa shape index (κ3) is 4.36. The zero-order valence-corrected chi connectivity index (χ0v) is 20.2. The molecule has 1 N–H and O–H groups in total. The fourth-order valence-corrected chi connectivity index (χ4v) is 4.67. The highest BCUT2D eigenvalue weighted by atomic mass is 16.3. The van der Waals surface area contributed by atoms with E-state index in [1.807, 2.05) is 24.3 Å². The van der Waals surface area contributed by atoms with Crippen molar-refractivity contribution in [2.24, 2.45) is 0 Å². The van der Waals surface area contributed by atoms with Crippen molar-refractivity contribution >= 4 is 16.8 Å². The van der Waals surface area contributed by atoms with Crippen molar-refractivity contribution in [3.63, 3.8) is 0 Å². The highest BCUT2D eigenvalue weighted by Crippen LogP contribution is 2.41. The van der Waals surface area contributed by atoms with E-state index < -0.39 is 0 Å². The minimum absolute atomic E-state index is 0.0600. The predicted octanol–water partition coefficient (Wildman–Crippen LogP) is 5.89. The van der Waals surface area contributed by atoms with Gasteiger partial charge in [-0.05, 0) is 57.5 Å². The Morgan fingerprint density at radius 1 is 0.970 bits per heavy atom. The SMILES string of the molecule is CCNC(C)c1ccc2c(-c3ccccc3C(C)=O)c3ccc(=[N+](CC)CC)cc-3oc2c1. The third-order valence-electron chi connectivity index (χ3n) is 6.44. The number of carbonyl (C=O) groups is 1. The summed E-state index contributed by atoms with van der Waals surface area (Å²) >= 11 is 0. The van der Waals surface area contributed by atoms with Crippen LogP contribution in [0.3, 0.4) is 0 Å². The summed E-state index contributed by atoms with van der Waals surface area (Å²) in [6.07, 6.45) is 0. The maximum atomic E-state index is 12.5. The first-order valence-corrected chi connectivity index (χ1v) is 11.9. The van der Waals surface area contributed by atoms with Crippen LogP contribution in [0.5, 0.6) is 0 Å². The first-order chi connectivity index (χ1) is 16.0. The monoisotopic (exact) mass is 441 g/mol. The van der Waals surface area contributed by atoms with Crippen LogP contribution in [0.25, 0.3) is 33.4 Å². The van der Waals surface area contributed by atoms with Gasteiger partial charge >= 0.3 is 0 Å². The lowest BCUT2D eigenvalue weighted by Gasteiger charge is -2.19. The molecular weight excluding hydrogens is 408 g/mol. The Morgan fingerprint density at radius 2 is 1.73 bits per heavy atom. The van der Waals surface area contributed by atoms with Crippen molar-refractivity contribution in [1.29, 1.82) is 0 Å². The molecule has 0 radical (unpaired) electrons. The first-order valence-electron chi connectivity index (χ1n) is 11.9. The van der Waals surface area contributed by atoms with Gasteiger partial charge in [0.25, 0.3) is 0 Å². The van der Waals surface area contributed by atoms with E-state index in [9.17, 15) is 4.79 Å². The number of fused-ring (bicyclic) bond motifs is 2. The summed E-state index contributed by atoms with van der Waals surface area (Å²) in [5, 5.41) is 5.63. The molecule has 0 fully saturated rings. The Bertz CT molecular complexity index is 1340. The van der Waals surface area contributed by atoms with Crippen molar-refractivity contribution in [2.75, 3.05) is 19.6 Å². The van der Waals surface area contributed by atoms with Crippen LogP contribution in [0, 0.1) is 0 Å². The van der Waals surface area contributed by atoms with Gasteiger partial charge in [-0.3, -0.25) is 4.79 Å². The van der Waals surface area contributed by atoms with Crippen molar-refractivity contribution in [3.05, 3.63) is 77.1 Å². The van der Waals surface area contributed by atoms with Crippen LogP contribution in [0.1, 0.15) is 56.6 Å². The smallest absolute Gasteiger partial charge is 0.203 e. The van der Waals surface area contributed by atoms with E-state index in [-0.39, 0.29) is 11.8 Å². The molecule has 4 nitrogen and oxygen atoms in total. The summed E-state index contributed by atoms with van der Waals surface area (Å²) in [7, 11) is 0. The van der Waals surface area contributed by atoms with Gasteiger partial charge in [0.15, 0.2) is 5.78 Å². The van der Waals surface area contributed by atoms with E-state index >= 15 is 0 Å². The summed E-state index contributed by atoms with van der Waals surface area (Å²) in [5.74, 6) is 0.887. The van der Waals surface area contributed by atoms with Crippen LogP contribution in [0.15, 0.2) is 65.1 Å². The molecule has 4 rings (SSSR count). The van der Waals surface area contributed by atoms with Gasteiger partial charge < -0.3 is 9.73 Å². The van der Waals surface area contributed by atoms with Crippen LogP contribution >= 0.6 is 0 Å². The van der Waals surface area contributed by atoms with Gasteiger partial charge in [0.1, 0.15) is 24.4 Å². The van der Waals surface area contributed by atoms with Gasteiger partial charge in [-0.1, -0.05) is 43.3 Å². The van der Waals surface area contributed by atoms with Gasteiger partial charge in [0.2, 0.25) is 5.36 Å². The normalized spacial score (nSPS) is 12.3. The largest absolute Gasteiger partial charge is 0.456 e. The lowest BCUT2D eigenvalue weighted by atomic mass is 9.89. The van der Waals surface area contributed by atoms with E-state index in [1.165, 1.54) is 5.56 Å². The Hall–Kier alpha value is -3.24. The molecule has 0 amide bonds. The van der Waals surface area contributed by atoms with E-state index in [0.717, 1.165) is 64.0 Å². The predicted molar refractivity (Wildman–Crippen MR) is 137 cm³/mol. The molecule has 0 bridgehead atoms. The summed E-state index contributed by atoms with van der Waals surface area (Å²) in [4.78, 5) is 12.5. The average molecular weight is 442 g/mol. The molecule has 170 valence electrons. The van der Waals surface area contributed by atoms with Gasteiger partial charge in [-0.2, -0.15) is 0 Å². The average Bonchev–Trinajstić information content (AvgIpc) is 2.83. The van der Waals surface area contributed by atoms with Gasteiger partial charge in [0, 0.05) is 34.2 Å². The Labute approximate surface area is 195 Å². The number of ketones is 1. The molecule has 1 atom stereocenters. The standard InChI is InChI=1S/C29H33N2O2/c1-6-30-19(4)21-13-15-25-27(17-21)33-28-18-22(31(7-2)8-3)14-16-26(28)29(25)24-12-10-9-11-23(24)20(5)32/h9-19,30H,6-8H2,1-5H3/q+1. The second-order valence-corrected chi connectivity index (χ2v) is 8.47. The molecule has 1 heterocycles. The Balaban J connectivity index is 2.11. The van der Waals surface area contributed by atoms with E-state index in [4.69, 9.17) is 4.42 Å². The number of hydrogen-bond acceptors (Lipinski definition) is 3. The van der Waals surface area contributed by atoms with Crippen molar-refractivity contribution in [3.8, 4) is 22.5 Å². The molecular formula is C29H33N2O2+. The molecule has 1 unspecified atom stereocenters. The highest BCUT2D eigenvalue weighted by Gasteiger charge is 2.21. The molecule has 2 aromatic rings. The van der Waals surface area contributed by atoms with Crippen molar-refractivity contribution in [1.82, 2.24) is 9.89 Å². The zero-order valence-electron chi connectivity index (χ0n) is 20.2. The molecule has 0 saturated carbocycles. The number of nitrogens with one attached hydrogen (secondary N) is 1. The maximum Gasteiger partial charge on any atom is 0.203 e. The number of nitrogens with zero attached hydrogens (tertiary/aromatic N) is 1. The molecule has 33 heavy (non-hydrogen) atoms. The summed E-state index contributed by atoms with van der Waals surface area (Å²) in [6.45, 7) is 13.0. The minimum Gasteiger partial charge on any atom is -0.456 e. The topological polar surface area (TPSA) is 45.2 Å². The zero-order chi connectivity index (χ0) is 23.5. The van der Waals surface area contributed by atoms with Crippen LogP contribution in [0.2, 0.25) is 0 Å². The van der Waals surface area contributed by atoms with Crippen LogP contribution in [-0.4, -0.2) is 25.4 Å². The van der Waals surface area contributed by atoms with Gasteiger partial charge in [-0.15, -0.1) is 0 Å². The molecule has 0 spiro atoms.